The highest BCUT2D eigenvalue weighted by molar-refractivity contribution is 5.91. The quantitative estimate of drug-likeness (QED) is 0.738. The number of anilines is 1. The van der Waals surface area contributed by atoms with Crippen molar-refractivity contribution in [3.63, 3.8) is 0 Å². The van der Waals surface area contributed by atoms with Gasteiger partial charge in [0.1, 0.15) is 12.4 Å². The van der Waals surface area contributed by atoms with Crippen molar-refractivity contribution in [2.45, 2.75) is 13.3 Å². The molecule has 0 aliphatic rings. The Hall–Kier alpha value is -1.81. The lowest BCUT2D eigenvalue weighted by molar-refractivity contribution is -0.116. The summed E-state index contributed by atoms with van der Waals surface area (Å²) in [5.74, 6) is 0.689. The average molecular weight is 234 g/mol. The van der Waals surface area contributed by atoms with Gasteiger partial charge in [0.2, 0.25) is 5.91 Å². The van der Waals surface area contributed by atoms with E-state index in [0.29, 0.717) is 19.6 Å². The first-order valence-corrected chi connectivity index (χ1v) is 5.51. The third kappa shape index (κ3) is 4.28. The summed E-state index contributed by atoms with van der Waals surface area (Å²) in [6.45, 7) is 6.32. The highest BCUT2D eigenvalue weighted by atomic mass is 16.5. The summed E-state index contributed by atoms with van der Waals surface area (Å²) in [6, 6.07) is 5.51. The molecule has 4 nitrogen and oxygen atoms in total. The zero-order chi connectivity index (χ0) is 12.7. The van der Waals surface area contributed by atoms with Crippen LogP contribution < -0.4 is 15.8 Å². The van der Waals surface area contributed by atoms with E-state index >= 15 is 0 Å². The number of nitrogens with two attached hydrogens (primary N) is 1. The molecule has 1 aromatic carbocycles. The van der Waals surface area contributed by atoms with Crippen LogP contribution in [0.4, 0.5) is 5.69 Å². The molecule has 0 aliphatic heterocycles. The third-order valence-corrected chi connectivity index (χ3v) is 2.21. The zero-order valence-corrected chi connectivity index (χ0v) is 10.0. The first-order valence-electron chi connectivity index (χ1n) is 5.51. The largest absolute Gasteiger partial charge is 0.490 e. The highest BCUT2D eigenvalue weighted by Crippen LogP contribution is 2.21. The molecule has 0 saturated carbocycles. The Labute approximate surface area is 101 Å². The van der Waals surface area contributed by atoms with Crippen LogP contribution >= 0.6 is 0 Å². The molecular formula is C13H18N2O2. The molecule has 17 heavy (non-hydrogen) atoms. The Morgan fingerprint density at radius 3 is 2.94 bits per heavy atom. The molecule has 1 amide bonds. The molecule has 0 bridgehead atoms. The predicted molar refractivity (Wildman–Crippen MR) is 69.2 cm³/mol. The molecule has 1 rings (SSSR count). The van der Waals surface area contributed by atoms with Gasteiger partial charge in [0, 0.05) is 18.7 Å². The van der Waals surface area contributed by atoms with Gasteiger partial charge in [-0.05, 0) is 30.7 Å². The van der Waals surface area contributed by atoms with Crippen LogP contribution in [-0.4, -0.2) is 19.1 Å². The van der Waals surface area contributed by atoms with Crippen molar-refractivity contribution < 1.29 is 9.53 Å². The van der Waals surface area contributed by atoms with Gasteiger partial charge in [-0.15, -0.1) is 0 Å². The number of carbonyl (C=O) groups is 1. The minimum atomic E-state index is -0.0737. The van der Waals surface area contributed by atoms with Gasteiger partial charge in [0.25, 0.3) is 0 Å². The fourth-order valence-electron chi connectivity index (χ4n) is 1.37. The topological polar surface area (TPSA) is 64.3 Å². The summed E-state index contributed by atoms with van der Waals surface area (Å²) in [5.41, 5.74) is 7.05. The first kappa shape index (κ1) is 13.3. The summed E-state index contributed by atoms with van der Waals surface area (Å²) >= 11 is 0. The molecule has 92 valence electrons. The number of benzene rings is 1. The maximum atomic E-state index is 11.4. The fourth-order valence-corrected chi connectivity index (χ4v) is 1.37. The Morgan fingerprint density at radius 1 is 1.59 bits per heavy atom. The standard InChI is InChI=1S/C13H18N2O2/c1-3-8-17-11-4-5-12(10(2)9-11)15-13(16)6-7-14/h3-5,9H,1,6-8,14H2,2H3,(H,15,16). The van der Waals surface area contributed by atoms with E-state index in [2.05, 4.69) is 11.9 Å². The van der Waals surface area contributed by atoms with Crippen molar-refractivity contribution in [1.29, 1.82) is 0 Å². The fraction of sp³-hybridized carbons (Fsp3) is 0.308. The average Bonchev–Trinajstić information content (AvgIpc) is 2.30. The summed E-state index contributed by atoms with van der Waals surface area (Å²) < 4.78 is 5.39. The lowest BCUT2D eigenvalue weighted by Crippen LogP contribution is -2.16. The van der Waals surface area contributed by atoms with E-state index in [1.54, 1.807) is 6.08 Å². The molecule has 0 spiro atoms. The van der Waals surface area contributed by atoms with Crippen molar-refractivity contribution in [3.8, 4) is 5.75 Å². The van der Waals surface area contributed by atoms with Crippen LogP contribution in [0.25, 0.3) is 0 Å². The number of nitrogens with one attached hydrogen (secondary N) is 1. The van der Waals surface area contributed by atoms with Crippen LogP contribution in [-0.2, 0) is 4.79 Å². The van der Waals surface area contributed by atoms with E-state index in [9.17, 15) is 4.79 Å². The van der Waals surface area contributed by atoms with Crippen LogP contribution in [0.1, 0.15) is 12.0 Å². The third-order valence-electron chi connectivity index (χ3n) is 2.21. The number of carbonyl (C=O) groups excluding carboxylic acids is 1. The second kappa shape index (κ2) is 6.70. The maximum absolute atomic E-state index is 11.4. The van der Waals surface area contributed by atoms with Gasteiger partial charge in [0.15, 0.2) is 0 Å². The van der Waals surface area contributed by atoms with E-state index in [4.69, 9.17) is 10.5 Å². The SMILES string of the molecule is C=CCOc1ccc(NC(=O)CCN)c(C)c1. The number of hydrogen-bond acceptors (Lipinski definition) is 3. The molecule has 0 aromatic heterocycles. The van der Waals surface area contributed by atoms with Gasteiger partial charge >= 0.3 is 0 Å². The molecule has 0 fully saturated rings. The lowest BCUT2D eigenvalue weighted by Gasteiger charge is -2.10. The maximum Gasteiger partial charge on any atom is 0.225 e. The summed E-state index contributed by atoms with van der Waals surface area (Å²) in [7, 11) is 0. The summed E-state index contributed by atoms with van der Waals surface area (Å²) in [6.07, 6.45) is 2.01. The van der Waals surface area contributed by atoms with Crippen molar-refractivity contribution in [1.82, 2.24) is 0 Å². The lowest BCUT2D eigenvalue weighted by atomic mass is 10.2. The predicted octanol–water partition coefficient (Wildman–Crippen LogP) is 1.85. The molecule has 4 heteroatoms. The molecule has 0 radical (unpaired) electrons. The van der Waals surface area contributed by atoms with Gasteiger partial charge in [-0.25, -0.2) is 0 Å². The number of hydrogen-bond donors (Lipinski definition) is 2. The van der Waals surface area contributed by atoms with Crippen molar-refractivity contribution in [3.05, 3.63) is 36.4 Å². The van der Waals surface area contributed by atoms with E-state index in [0.717, 1.165) is 17.0 Å². The molecular weight excluding hydrogens is 216 g/mol. The van der Waals surface area contributed by atoms with Crippen LogP contribution in [0.15, 0.2) is 30.9 Å². The van der Waals surface area contributed by atoms with E-state index < -0.39 is 0 Å². The number of ether oxygens (including phenoxy) is 1. The van der Waals surface area contributed by atoms with Gasteiger partial charge in [0.05, 0.1) is 0 Å². The van der Waals surface area contributed by atoms with E-state index in [-0.39, 0.29) is 5.91 Å². The summed E-state index contributed by atoms with van der Waals surface area (Å²) in [5, 5.41) is 2.80. The van der Waals surface area contributed by atoms with Gasteiger partial charge < -0.3 is 15.8 Å². The van der Waals surface area contributed by atoms with Gasteiger partial charge in [-0.3, -0.25) is 4.79 Å². The van der Waals surface area contributed by atoms with Crippen LogP contribution in [0.2, 0.25) is 0 Å². The van der Waals surface area contributed by atoms with E-state index in [1.165, 1.54) is 0 Å². The molecule has 0 atom stereocenters. The normalized spacial score (nSPS) is 9.76. The number of rotatable bonds is 6. The van der Waals surface area contributed by atoms with Crippen molar-refractivity contribution in [2.75, 3.05) is 18.5 Å². The molecule has 1 aromatic rings. The molecule has 0 heterocycles. The van der Waals surface area contributed by atoms with Crippen LogP contribution in [0, 0.1) is 6.92 Å². The Morgan fingerprint density at radius 2 is 2.35 bits per heavy atom. The first-order chi connectivity index (χ1) is 8.17. The van der Waals surface area contributed by atoms with E-state index in [1.807, 2.05) is 25.1 Å². The zero-order valence-electron chi connectivity index (χ0n) is 10.0. The van der Waals surface area contributed by atoms with Gasteiger partial charge in [-0.1, -0.05) is 12.7 Å². The minimum Gasteiger partial charge on any atom is -0.490 e. The number of aryl methyl sites for hydroxylation is 1. The Kier molecular flexibility index (Phi) is 5.23. The molecule has 0 aliphatic carbocycles. The second-order valence-corrected chi connectivity index (χ2v) is 3.66. The molecule has 0 unspecified atom stereocenters. The van der Waals surface area contributed by atoms with Crippen molar-refractivity contribution in [2.24, 2.45) is 5.73 Å². The Bertz CT molecular complexity index is 402. The minimum absolute atomic E-state index is 0.0737. The molecule has 0 saturated heterocycles. The van der Waals surface area contributed by atoms with Crippen molar-refractivity contribution >= 4 is 11.6 Å². The second-order valence-electron chi connectivity index (χ2n) is 3.66. The highest BCUT2D eigenvalue weighted by Gasteiger charge is 2.04. The van der Waals surface area contributed by atoms with Crippen LogP contribution in [0.3, 0.4) is 0 Å². The number of amides is 1. The summed E-state index contributed by atoms with van der Waals surface area (Å²) in [4.78, 5) is 11.4. The monoisotopic (exact) mass is 234 g/mol. The van der Waals surface area contributed by atoms with Crippen LogP contribution in [0.5, 0.6) is 5.75 Å². The Balaban J connectivity index is 2.68. The smallest absolute Gasteiger partial charge is 0.225 e. The molecule has 3 N–H and O–H groups in total. The van der Waals surface area contributed by atoms with Gasteiger partial charge in [-0.2, -0.15) is 0 Å².